The molecule has 10 nitrogen and oxygen atoms in total. The summed E-state index contributed by atoms with van der Waals surface area (Å²) in [6.07, 6.45) is 0.713. The predicted molar refractivity (Wildman–Crippen MR) is 143 cm³/mol. The number of benzene rings is 3. The number of hydrazine groups is 1. The van der Waals surface area contributed by atoms with Gasteiger partial charge in [-0.3, -0.25) is 10.2 Å². The first kappa shape index (κ1) is 27.6. The summed E-state index contributed by atoms with van der Waals surface area (Å²) in [5.41, 5.74) is 15.6. The van der Waals surface area contributed by atoms with Crippen molar-refractivity contribution >= 4 is 11.8 Å². The van der Waals surface area contributed by atoms with Crippen LogP contribution in [0.2, 0.25) is 0 Å². The summed E-state index contributed by atoms with van der Waals surface area (Å²) in [7, 11) is 0. The Morgan fingerprint density at radius 3 is 2.54 bits per heavy atom. The number of halogens is 1. The Morgan fingerprint density at radius 1 is 1.10 bits per heavy atom. The van der Waals surface area contributed by atoms with E-state index >= 15 is 0 Å². The highest BCUT2D eigenvalue weighted by atomic mass is 19.1. The zero-order chi connectivity index (χ0) is 27.5. The van der Waals surface area contributed by atoms with E-state index in [0.29, 0.717) is 35.8 Å². The number of rotatable bonds is 13. The van der Waals surface area contributed by atoms with Crippen LogP contribution in [0.1, 0.15) is 28.7 Å². The molecule has 1 amide bonds. The molecule has 3 N–H and O–H groups in total. The second kappa shape index (κ2) is 13.4. The zero-order valence-corrected chi connectivity index (χ0v) is 21.2. The van der Waals surface area contributed by atoms with Crippen molar-refractivity contribution in [1.29, 1.82) is 0 Å². The first-order valence-electron chi connectivity index (χ1n) is 12.5. The van der Waals surface area contributed by atoms with Gasteiger partial charge in [0.1, 0.15) is 18.2 Å². The summed E-state index contributed by atoms with van der Waals surface area (Å²) in [5, 5.41) is 12.6. The molecular formula is C28H29FN6O4. The Hall–Kier alpha value is -4.44. The van der Waals surface area contributed by atoms with Crippen LogP contribution in [0.4, 0.5) is 4.39 Å². The number of hydrogen-bond acceptors (Lipinski definition) is 7. The Bertz CT molecular complexity index is 1360. The molecule has 39 heavy (non-hydrogen) atoms. The number of aliphatic imine (C=N–C) groups is 1. The molecular weight excluding hydrogens is 503 g/mol. The van der Waals surface area contributed by atoms with E-state index in [-0.39, 0.29) is 38.5 Å². The van der Waals surface area contributed by atoms with Crippen LogP contribution in [0.25, 0.3) is 10.4 Å². The monoisotopic (exact) mass is 532 g/mol. The van der Waals surface area contributed by atoms with Crippen molar-refractivity contribution in [3.8, 4) is 5.75 Å². The van der Waals surface area contributed by atoms with Gasteiger partial charge in [-0.25, -0.2) is 14.8 Å². The number of carbonyl (C=O) groups is 1. The molecule has 3 aromatic rings. The van der Waals surface area contributed by atoms with Gasteiger partial charge < -0.3 is 14.6 Å². The van der Waals surface area contributed by atoms with Gasteiger partial charge in [0.2, 0.25) is 5.90 Å². The smallest absolute Gasteiger partial charge is 0.266 e. The van der Waals surface area contributed by atoms with Crippen LogP contribution < -0.4 is 15.6 Å². The van der Waals surface area contributed by atoms with Gasteiger partial charge in [-0.1, -0.05) is 47.6 Å². The van der Waals surface area contributed by atoms with Crippen LogP contribution in [0.15, 0.2) is 82.9 Å². The maximum absolute atomic E-state index is 14.0. The van der Waals surface area contributed by atoms with Crippen LogP contribution in [-0.4, -0.2) is 42.3 Å². The molecule has 202 valence electrons. The van der Waals surface area contributed by atoms with Gasteiger partial charge in [-0.15, -0.1) is 0 Å². The number of aliphatic hydroxyl groups excluding tert-OH is 1. The van der Waals surface area contributed by atoms with Crippen molar-refractivity contribution < 1.29 is 23.8 Å². The normalized spacial score (nSPS) is 16.1. The Kier molecular flexibility index (Phi) is 9.47. The van der Waals surface area contributed by atoms with Crippen molar-refractivity contribution in [2.75, 3.05) is 19.8 Å². The molecule has 0 saturated heterocycles. The van der Waals surface area contributed by atoms with Crippen LogP contribution in [0.5, 0.6) is 5.75 Å². The summed E-state index contributed by atoms with van der Waals surface area (Å²) >= 11 is 0. The molecule has 4 rings (SSSR count). The second-order valence-corrected chi connectivity index (χ2v) is 8.92. The molecule has 1 atom stereocenters. The fourth-order valence-corrected chi connectivity index (χ4v) is 4.11. The highest BCUT2D eigenvalue weighted by molar-refractivity contribution is 6.00. The number of hydrogen-bond donors (Lipinski definition) is 3. The molecule has 11 heteroatoms. The number of aliphatic hydroxyl groups is 1. The van der Waals surface area contributed by atoms with Gasteiger partial charge in [-0.2, -0.15) is 0 Å². The van der Waals surface area contributed by atoms with Gasteiger partial charge >= 0.3 is 0 Å². The third kappa shape index (κ3) is 7.11. The lowest BCUT2D eigenvalue weighted by Crippen LogP contribution is -2.52. The van der Waals surface area contributed by atoms with Gasteiger partial charge in [0.15, 0.2) is 5.54 Å². The molecule has 1 aliphatic heterocycles. The van der Waals surface area contributed by atoms with E-state index in [1.165, 1.54) is 6.07 Å². The fourth-order valence-electron chi connectivity index (χ4n) is 4.11. The van der Waals surface area contributed by atoms with Crippen LogP contribution >= 0.6 is 0 Å². The summed E-state index contributed by atoms with van der Waals surface area (Å²) < 4.78 is 25.5. The first-order valence-corrected chi connectivity index (χ1v) is 12.5. The van der Waals surface area contributed by atoms with Crippen molar-refractivity contribution in [3.63, 3.8) is 0 Å². The molecule has 1 heterocycles. The first-order chi connectivity index (χ1) is 19.0. The number of azide groups is 1. The average Bonchev–Trinajstić information content (AvgIpc) is 3.39. The lowest BCUT2D eigenvalue weighted by molar-refractivity contribution is -0.127. The van der Waals surface area contributed by atoms with Crippen molar-refractivity contribution in [2.24, 2.45) is 10.1 Å². The SMILES string of the molecule is [N-]=[N+]=NCc1ccccc1C[C@@]1(C(=O)NNCc2ccccc2F)COC(c2ccc(OCCCO)cc2)=N1. The van der Waals surface area contributed by atoms with E-state index in [1.54, 1.807) is 42.5 Å². The minimum absolute atomic E-state index is 0.0276. The summed E-state index contributed by atoms with van der Waals surface area (Å²) in [4.78, 5) is 21.2. The average molecular weight is 533 g/mol. The largest absolute Gasteiger partial charge is 0.494 e. The summed E-state index contributed by atoms with van der Waals surface area (Å²) in [6.45, 7) is 0.627. The van der Waals surface area contributed by atoms with E-state index < -0.39 is 11.4 Å². The molecule has 1 aliphatic rings. The molecule has 0 radical (unpaired) electrons. The number of ether oxygens (including phenoxy) is 2. The molecule has 0 spiro atoms. The van der Waals surface area contributed by atoms with Gasteiger partial charge in [0.05, 0.1) is 13.2 Å². The molecule has 0 saturated carbocycles. The summed E-state index contributed by atoms with van der Waals surface area (Å²) in [6, 6.07) is 20.8. The van der Waals surface area contributed by atoms with Gasteiger partial charge in [-0.05, 0) is 47.0 Å². The molecule has 0 unspecified atom stereocenters. The van der Waals surface area contributed by atoms with E-state index in [4.69, 9.17) is 25.1 Å². The third-order valence-corrected chi connectivity index (χ3v) is 6.20. The molecule has 0 aromatic heterocycles. The van der Waals surface area contributed by atoms with Crippen LogP contribution in [-0.2, 0) is 29.0 Å². The minimum Gasteiger partial charge on any atom is -0.494 e. The lowest BCUT2D eigenvalue weighted by atomic mass is 9.89. The topological polar surface area (TPSA) is 141 Å². The number of nitrogens with zero attached hydrogens (tertiary/aromatic N) is 4. The maximum atomic E-state index is 14.0. The molecule has 0 fully saturated rings. The van der Waals surface area contributed by atoms with E-state index in [2.05, 4.69) is 20.9 Å². The van der Waals surface area contributed by atoms with E-state index in [1.807, 2.05) is 24.3 Å². The van der Waals surface area contributed by atoms with Crippen molar-refractivity contribution in [3.05, 3.63) is 111 Å². The maximum Gasteiger partial charge on any atom is 0.266 e. The highest BCUT2D eigenvalue weighted by Gasteiger charge is 2.45. The fraction of sp³-hybridized carbons (Fsp3) is 0.286. The van der Waals surface area contributed by atoms with Crippen molar-refractivity contribution in [1.82, 2.24) is 10.9 Å². The third-order valence-electron chi connectivity index (χ3n) is 6.20. The Labute approximate surface area is 225 Å². The Morgan fingerprint density at radius 2 is 1.82 bits per heavy atom. The van der Waals surface area contributed by atoms with Gasteiger partial charge in [0, 0.05) is 42.0 Å². The van der Waals surface area contributed by atoms with Crippen LogP contribution in [0, 0.1) is 5.82 Å². The zero-order valence-electron chi connectivity index (χ0n) is 21.2. The standard InChI is InChI=1S/C28H29FN6O4/c29-25-9-4-3-8-23(25)18-31-34-27(37)28(16-21-6-1-2-7-22(21)17-32-35-30)19-39-26(33-28)20-10-12-24(13-11-20)38-15-5-14-36/h1-4,6-13,31,36H,5,14-19H2,(H,34,37)/t28-/m0/s1. The number of nitrogens with one attached hydrogen (secondary N) is 2. The summed E-state index contributed by atoms with van der Waals surface area (Å²) in [5.74, 6) is 0.110. The molecule has 3 aromatic carbocycles. The molecule has 0 aliphatic carbocycles. The number of amides is 1. The number of carbonyl (C=O) groups excluding carboxylic acids is 1. The van der Waals surface area contributed by atoms with Crippen LogP contribution in [0.3, 0.4) is 0 Å². The highest BCUT2D eigenvalue weighted by Crippen LogP contribution is 2.29. The second-order valence-electron chi connectivity index (χ2n) is 8.92. The van der Waals surface area contributed by atoms with Crippen molar-refractivity contribution in [2.45, 2.75) is 31.5 Å². The van der Waals surface area contributed by atoms with E-state index in [0.717, 1.165) is 11.1 Å². The predicted octanol–water partition coefficient (Wildman–Crippen LogP) is 3.98. The molecule has 0 bridgehead atoms. The van der Waals surface area contributed by atoms with E-state index in [9.17, 15) is 9.18 Å². The van der Waals surface area contributed by atoms with Gasteiger partial charge in [0.25, 0.3) is 5.91 Å². The quantitative estimate of drug-likeness (QED) is 0.100. The Balaban J connectivity index is 1.57. The lowest BCUT2D eigenvalue weighted by Gasteiger charge is -2.24. The minimum atomic E-state index is -1.33.